The van der Waals surface area contributed by atoms with Crippen molar-refractivity contribution in [1.82, 2.24) is 10.2 Å². The second-order valence-electron chi connectivity index (χ2n) is 6.41. The van der Waals surface area contributed by atoms with Gasteiger partial charge in [-0.1, -0.05) is 13.8 Å². The van der Waals surface area contributed by atoms with Gasteiger partial charge in [0.05, 0.1) is 11.0 Å². The summed E-state index contributed by atoms with van der Waals surface area (Å²) in [6.45, 7) is 8.68. The molecular weight excluding hydrogens is 260 g/mol. The largest absolute Gasteiger partial charge is 0.481 e. The van der Waals surface area contributed by atoms with Gasteiger partial charge in [0.2, 0.25) is 0 Å². The number of hydrogen-bond donors (Lipinski definition) is 2. The highest BCUT2D eigenvalue weighted by Crippen LogP contribution is 2.38. The van der Waals surface area contributed by atoms with Gasteiger partial charge in [0.25, 0.3) is 0 Å². The average Bonchev–Trinajstić information content (AvgIpc) is 2.82. The lowest BCUT2D eigenvalue weighted by molar-refractivity contribution is -0.150. The standard InChI is InChI=1S/C14H26N2O4/c1-10(2)14(11(17)18)6-7-16(9-14)12(19)15-8-13(3,4)20-5/h10H,6-9H2,1-5H3,(H,15,19)(H,17,18). The van der Waals surface area contributed by atoms with Crippen molar-refractivity contribution in [3.8, 4) is 0 Å². The van der Waals surface area contributed by atoms with Crippen LogP contribution < -0.4 is 5.32 Å². The first kappa shape index (κ1) is 16.8. The predicted octanol–water partition coefficient (Wildman–Crippen LogP) is 1.55. The van der Waals surface area contributed by atoms with Crippen LogP contribution in [0, 0.1) is 11.3 Å². The number of ether oxygens (including phenoxy) is 1. The molecule has 0 saturated carbocycles. The molecule has 1 unspecified atom stereocenters. The fourth-order valence-electron chi connectivity index (χ4n) is 2.37. The van der Waals surface area contributed by atoms with Crippen molar-refractivity contribution in [3.05, 3.63) is 0 Å². The van der Waals surface area contributed by atoms with E-state index in [9.17, 15) is 14.7 Å². The summed E-state index contributed by atoms with van der Waals surface area (Å²) in [7, 11) is 1.59. The number of hydrogen-bond acceptors (Lipinski definition) is 3. The molecule has 0 aromatic heterocycles. The van der Waals surface area contributed by atoms with Crippen LogP contribution in [0.25, 0.3) is 0 Å². The zero-order chi connectivity index (χ0) is 15.6. The van der Waals surface area contributed by atoms with Gasteiger partial charge in [-0.3, -0.25) is 4.79 Å². The molecule has 1 atom stereocenters. The van der Waals surface area contributed by atoms with Crippen molar-refractivity contribution >= 4 is 12.0 Å². The lowest BCUT2D eigenvalue weighted by atomic mass is 9.76. The quantitative estimate of drug-likeness (QED) is 0.804. The van der Waals surface area contributed by atoms with Crippen LogP contribution in [-0.4, -0.2) is 54.4 Å². The monoisotopic (exact) mass is 286 g/mol. The van der Waals surface area contributed by atoms with E-state index in [0.717, 1.165) is 0 Å². The van der Waals surface area contributed by atoms with Crippen molar-refractivity contribution in [3.63, 3.8) is 0 Å². The van der Waals surface area contributed by atoms with Gasteiger partial charge < -0.3 is 20.1 Å². The number of likely N-dealkylation sites (tertiary alicyclic amines) is 1. The highest BCUT2D eigenvalue weighted by atomic mass is 16.5. The van der Waals surface area contributed by atoms with Gasteiger partial charge >= 0.3 is 12.0 Å². The van der Waals surface area contributed by atoms with Gasteiger partial charge in [0.15, 0.2) is 0 Å². The summed E-state index contributed by atoms with van der Waals surface area (Å²) in [4.78, 5) is 25.2. The van der Waals surface area contributed by atoms with Crippen LogP contribution >= 0.6 is 0 Å². The molecule has 1 fully saturated rings. The number of urea groups is 1. The fourth-order valence-corrected chi connectivity index (χ4v) is 2.37. The summed E-state index contributed by atoms with van der Waals surface area (Å²) in [5.74, 6) is -0.826. The summed E-state index contributed by atoms with van der Waals surface area (Å²) < 4.78 is 5.24. The first-order chi connectivity index (χ1) is 9.14. The van der Waals surface area contributed by atoms with E-state index in [2.05, 4.69) is 5.32 Å². The number of carboxylic acid groups (broad SMARTS) is 1. The Balaban J connectivity index is 2.63. The van der Waals surface area contributed by atoms with Gasteiger partial charge in [-0.15, -0.1) is 0 Å². The van der Waals surface area contributed by atoms with E-state index in [-0.39, 0.29) is 18.5 Å². The van der Waals surface area contributed by atoms with Crippen LogP contribution in [0.4, 0.5) is 4.79 Å². The van der Waals surface area contributed by atoms with E-state index in [1.54, 1.807) is 12.0 Å². The van der Waals surface area contributed by atoms with E-state index in [1.807, 2.05) is 27.7 Å². The molecule has 2 amide bonds. The maximum atomic E-state index is 12.1. The number of rotatable bonds is 5. The molecule has 0 aromatic carbocycles. The molecule has 6 nitrogen and oxygen atoms in total. The summed E-state index contributed by atoms with van der Waals surface area (Å²) in [5, 5.41) is 12.3. The first-order valence-electron chi connectivity index (χ1n) is 6.96. The molecule has 0 bridgehead atoms. The lowest BCUT2D eigenvalue weighted by Gasteiger charge is -2.29. The Morgan fingerprint density at radius 3 is 2.45 bits per heavy atom. The highest BCUT2D eigenvalue weighted by molar-refractivity contribution is 5.80. The lowest BCUT2D eigenvalue weighted by Crippen LogP contribution is -2.47. The minimum Gasteiger partial charge on any atom is -0.481 e. The number of aliphatic carboxylic acids is 1. The van der Waals surface area contributed by atoms with Crippen molar-refractivity contribution in [2.24, 2.45) is 11.3 Å². The number of carbonyl (C=O) groups is 2. The molecule has 20 heavy (non-hydrogen) atoms. The molecule has 1 aliphatic heterocycles. The van der Waals surface area contributed by atoms with Crippen LogP contribution in [0.3, 0.4) is 0 Å². The zero-order valence-corrected chi connectivity index (χ0v) is 13.0. The van der Waals surface area contributed by atoms with Gasteiger partial charge in [0, 0.05) is 26.7 Å². The van der Waals surface area contributed by atoms with Gasteiger partial charge in [0.1, 0.15) is 0 Å². The minimum atomic E-state index is -0.825. The second kappa shape index (κ2) is 5.99. The highest BCUT2D eigenvalue weighted by Gasteiger charge is 2.48. The summed E-state index contributed by atoms with van der Waals surface area (Å²) >= 11 is 0. The van der Waals surface area contributed by atoms with Crippen LogP contribution in [-0.2, 0) is 9.53 Å². The zero-order valence-electron chi connectivity index (χ0n) is 13.0. The van der Waals surface area contributed by atoms with E-state index in [0.29, 0.717) is 19.5 Å². The second-order valence-corrected chi connectivity index (χ2v) is 6.41. The van der Waals surface area contributed by atoms with Crippen molar-refractivity contribution in [1.29, 1.82) is 0 Å². The van der Waals surface area contributed by atoms with E-state index < -0.39 is 17.0 Å². The summed E-state index contributed by atoms with van der Waals surface area (Å²) in [6.07, 6.45) is 0.501. The third-order valence-corrected chi connectivity index (χ3v) is 4.34. The molecule has 0 aromatic rings. The Morgan fingerprint density at radius 1 is 1.45 bits per heavy atom. The molecule has 2 N–H and O–H groups in total. The van der Waals surface area contributed by atoms with Crippen LogP contribution in [0.15, 0.2) is 0 Å². The molecule has 1 aliphatic rings. The summed E-state index contributed by atoms with van der Waals surface area (Å²) in [5.41, 5.74) is -1.26. The summed E-state index contributed by atoms with van der Waals surface area (Å²) in [6, 6.07) is -0.223. The number of carbonyl (C=O) groups excluding carboxylic acids is 1. The predicted molar refractivity (Wildman–Crippen MR) is 75.6 cm³/mol. The number of nitrogens with zero attached hydrogens (tertiary/aromatic N) is 1. The number of carboxylic acids is 1. The third kappa shape index (κ3) is 3.42. The van der Waals surface area contributed by atoms with Crippen molar-refractivity contribution in [2.45, 2.75) is 39.7 Å². The van der Waals surface area contributed by atoms with Crippen LogP contribution in [0.1, 0.15) is 34.1 Å². The van der Waals surface area contributed by atoms with Gasteiger partial charge in [-0.05, 0) is 26.2 Å². The van der Waals surface area contributed by atoms with E-state index in [4.69, 9.17) is 4.74 Å². The van der Waals surface area contributed by atoms with E-state index >= 15 is 0 Å². The Bertz CT molecular complexity index is 381. The normalized spacial score (nSPS) is 23.2. The van der Waals surface area contributed by atoms with Gasteiger partial charge in [-0.2, -0.15) is 0 Å². The SMILES string of the molecule is COC(C)(C)CNC(=O)N1CCC(C(=O)O)(C(C)C)C1. The molecule has 1 rings (SSSR count). The Hall–Kier alpha value is -1.30. The molecule has 0 radical (unpaired) electrons. The molecular formula is C14H26N2O4. The molecule has 0 aliphatic carbocycles. The third-order valence-electron chi connectivity index (χ3n) is 4.34. The Labute approximate surface area is 120 Å². The van der Waals surface area contributed by atoms with Crippen molar-refractivity contribution in [2.75, 3.05) is 26.7 Å². The maximum absolute atomic E-state index is 12.1. The maximum Gasteiger partial charge on any atom is 0.317 e. The number of amides is 2. The minimum absolute atomic E-state index is 0.00628. The Morgan fingerprint density at radius 2 is 2.05 bits per heavy atom. The van der Waals surface area contributed by atoms with Crippen LogP contribution in [0.5, 0.6) is 0 Å². The Kier molecular flexibility index (Phi) is 5.02. The molecule has 6 heteroatoms. The number of methoxy groups -OCH3 is 1. The smallest absolute Gasteiger partial charge is 0.317 e. The molecule has 1 heterocycles. The van der Waals surface area contributed by atoms with Gasteiger partial charge in [-0.25, -0.2) is 4.79 Å². The number of nitrogens with one attached hydrogen (secondary N) is 1. The van der Waals surface area contributed by atoms with Crippen LogP contribution in [0.2, 0.25) is 0 Å². The fraction of sp³-hybridized carbons (Fsp3) is 0.857. The molecule has 0 spiro atoms. The van der Waals surface area contributed by atoms with Crippen molar-refractivity contribution < 1.29 is 19.4 Å². The average molecular weight is 286 g/mol. The first-order valence-corrected chi connectivity index (χ1v) is 6.96. The topological polar surface area (TPSA) is 78.9 Å². The molecule has 116 valence electrons. The molecule has 1 saturated heterocycles. The van der Waals surface area contributed by atoms with E-state index in [1.165, 1.54) is 0 Å².